The summed E-state index contributed by atoms with van der Waals surface area (Å²) in [4.78, 5) is 3.17. The maximum absolute atomic E-state index is 5.77. The van der Waals surface area contributed by atoms with Crippen LogP contribution < -0.4 is 5.32 Å². The number of nitrogens with zero attached hydrogens (tertiary/aromatic N) is 2. The molecule has 2 aromatic heterocycles. The van der Waals surface area contributed by atoms with Crippen LogP contribution in [0.5, 0.6) is 0 Å². The number of hydrogen-bond acceptors (Lipinski definition) is 5. The van der Waals surface area contributed by atoms with Crippen LogP contribution in [0.1, 0.15) is 41.5 Å². The van der Waals surface area contributed by atoms with Gasteiger partial charge in [-0.05, 0) is 54.5 Å². The van der Waals surface area contributed by atoms with E-state index >= 15 is 0 Å². The van der Waals surface area contributed by atoms with E-state index in [9.17, 15) is 0 Å². The fourth-order valence-electron chi connectivity index (χ4n) is 4.38. The van der Waals surface area contributed by atoms with E-state index < -0.39 is 0 Å². The maximum atomic E-state index is 5.77. The highest BCUT2D eigenvalue weighted by Crippen LogP contribution is 2.35. The Labute approximate surface area is 164 Å². The zero-order valence-electron chi connectivity index (χ0n) is 16.2. The molecule has 0 spiro atoms. The van der Waals surface area contributed by atoms with Gasteiger partial charge in [-0.15, -0.1) is 10.2 Å². The van der Waals surface area contributed by atoms with Crippen molar-refractivity contribution >= 4 is 11.0 Å². The van der Waals surface area contributed by atoms with E-state index in [1.54, 1.807) is 0 Å². The van der Waals surface area contributed by atoms with Crippen molar-refractivity contribution in [2.24, 2.45) is 0 Å². The van der Waals surface area contributed by atoms with Gasteiger partial charge in [0.25, 0.3) is 0 Å². The summed E-state index contributed by atoms with van der Waals surface area (Å²) in [5, 5.41) is 13.6. The molecule has 6 heteroatoms. The van der Waals surface area contributed by atoms with E-state index in [4.69, 9.17) is 9.47 Å². The van der Waals surface area contributed by atoms with Crippen molar-refractivity contribution in [3.05, 3.63) is 47.2 Å². The zero-order valence-corrected chi connectivity index (χ0v) is 16.2. The van der Waals surface area contributed by atoms with Gasteiger partial charge in [0.2, 0.25) is 0 Å². The predicted molar refractivity (Wildman–Crippen MR) is 108 cm³/mol. The molecule has 0 amide bonds. The molecule has 146 valence electrons. The number of rotatable bonds is 3. The number of hydrogen-bond donors (Lipinski definition) is 2. The summed E-state index contributed by atoms with van der Waals surface area (Å²) in [7, 11) is 0. The van der Waals surface area contributed by atoms with Crippen LogP contribution in [0.15, 0.2) is 30.5 Å². The molecule has 2 saturated heterocycles. The van der Waals surface area contributed by atoms with Crippen molar-refractivity contribution in [1.29, 1.82) is 0 Å². The van der Waals surface area contributed by atoms with Crippen LogP contribution in [-0.4, -0.2) is 48.2 Å². The highest BCUT2D eigenvalue weighted by molar-refractivity contribution is 5.82. The Kier molecular flexibility index (Phi) is 4.84. The molecule has 6 nitrogen and oxygen atoms in total. The third-order valence-corrected chi connectivity index (χ3v) is 5.98. The van der Waals surface area contributed by atoms with Crippen LogP contribution in [0, 0.1) is 6.92 Å². The van der Waals surface area contributed by atoms with Gasteiger partial charge in [-0.25, -0.2) is 0 Å². The maximum Gasteiger partial charge on any atom is 0.160 e. The van der Waals surface area contributed by atoms with Gasteiger partial charge in [-0.3, -0.25) is 0 Å². The van der Waals surface area contributed by atoms with Crippen LogP contribution in [0.25, 0.3) is 22.3 Å². The smallest absolute Gasteiger partial charge is 0.160 e. The molecule has 0 bridgehead atoms. The Bertz CT molecular complexity index is 972. The Morgan fingerprint density at radius 2 is 1.89 bits per heavy atom. The number of benzene rings is 1. The largest absolute Gasteiger partial charge is 0.381 e. The number of morpholine rings is 1. The highest BCUT2D eigenvalue weighted by atomic mass is 16.5. The lowest BCUT2D eigenvalue weighted by Gasteiger charge is -2.30. The lowest BCUT2D eigenvalue weighted by Crippen LogP contribution is -2.35. The third-order valence-electron chi connectivity index (χ3n) is 5.98. The van der Waals surface area contributed by atoms with Crippen LogP contribution in [0.4, 0.5) is 0 Å². The molecule has 5 rings (SSSR count). The van der Waals surface area contributed by atoms with Crippen molar-refractivity contribution in [3.8, 4) is 11.3 Å². The van der Waals surface area contributed by atoms with Crippen molar-refractivity contribution in [1.82, 2.24) is 20.5 Å². The molecule has 28 heavy (non-hydrogen) atoms. The lowest BCUT2D eigenvalue weighted by atomic mass is 9.84. The molecule has 2 aliphatic rings. The first-order chi connectivity index (χ1) is 13.8. The molecule has 1 atom stereocenters. The van der Waals surface area contributed by atoms with Crippen LogP contribution in [0.3, 0.4) is 0 Å². The number of aromatic amines is 1. The van der Waals surface area contributed by atoms with Crippen molar-refractivity contribution in [3.63, 3.8) is 0 Å². The van der Waals surface area contributed by atoms with Gasteiger partial charge in [0.1, 0.15) is 0 Å². The lowest BCUT2D eigenvalue weighted by molar-refractivity contribution is 0.0740. The molecule has 1 aromatic carbocycles. The van der Waals surface area contributed by atoms with Crippen LogP contribution in [-0.2, 0) is 9.47 Å². The monoisotopic (exact) mass is 378 g/mol. The van der Waals surface area contributed by atoms with Crippen LogP contribution in [0.2, 0.25) is 0 Å². The third kappa shape index (κ3) is 3.32. The van der Waals surface area contributed by atoms with Gasteiger partial charge in [0.15, 0.2) is 5.65 Å². The minimum atomic E-state index is 0.220. The van der Waals surface area contributed by atoms with Gasteiger partial charge in [-0.2, -0.15) is 0 Å². The van der Waals surface area contributed by atoms with Gasteiger partial charge in [-0.1, -0.05) is 12.1 Å². The average Bonchev–Trinajstić information content (AvgIpc) is 3.15. The van der Waals surface area contributed by atoms with E-state index in [1.165, 1.54) is 16.7 Å². The first kappa shape index (κ1) is 17.8. The second-order valence-corrected chi connectivity index (χ2v) is 7.78. The summed E-state index contributed by atoms with van der Waals surface area (Å²) >= 11 is 0. The van der Waals surface area contributed by atoms with Gasteiger partial charge >= 0.3 is 0 Å². The molecule has 2 fully saturated rings. The molecule has 4 heterocycles. The first-order valence-corrected chi connectivity index (χ1v) is 10.1. The molecule has 2 N–H and O–H groups in total. The topological polar surface area (TPSA) is 72.1 Å². The summed E-state index contributed by atoms with van der Waals surface area (Å²) in [6, 6.07) is 9.11. The average molecular weight is 378 g/mol. The Hall–Kier alpha value is -2.28. The van der Waals surface area contributed by atoms with Gasteiger partial charge in [0.05, 0.1) is 24.9 Å². The molecule has 0 saturated carbocycles. The quantitative estimate of drug-likeness (QED) is 0.730. The van der Waals surface area contributed by atoms with Gasteiger partial charge < -0.3 is 19.8 Å². The van der Waals surface area contributed by atoms with Crippen molar-refractivity contribution in [2.75, 3.05) is 33.0 Å². The summed E-state index contributed by atoms with van der Waals surface area (Å²) < 4.78 is 11.4. The van der Waals surface area contributed by atoms with Crippen LogP contribution >= 0.6 is 0 Å². The zero-order chi connectivity index (χ0) is 18.9. The predicted octanol–water partition coefficient (Wildman–Crippen LogP) is 3.49. The minimum Gasteiger partial charge on any atom is -0.381 e. The van der Waals surface area contributed by atoms with E-state index in [0.29, 0.717) is 12.5 Å². The standard InChI is InChI=1S/C22H26N4O2/c1-14-12-24-22-18(14)11-20(25-26-22)16-2-3-17(15-4-7-27-8-5-15)19(10-16)21-13-28-9-6-23-21/h2-3,10-12,15,21,23H,4-9,13H2,1H3,(H,24,26). The van der Waals surface area contributed by atoms with Crippen molar-refractivity contribution in [2.45, 2.75) is 31.7 Å². The molecule has 3 aromatic rings. The van der Waals surface area contributed by atoms with E-state index in [-0.39, 0.29) is 6.04 Å². The minimum absolute atomic E-state index is 0.220. The highest BCUT2D eigenvalue weighted by Gasteiger charge is 2.25. The Morgan fingerprint density at radius 3 is 2.71 bits per heavy atom. The van der Waals surface area contributed by atoms with E-state index in [2.05, 4.69) is 51.7 Å². The second kappa shape index (κ2) is 7.62. The van der Waals surface area contributed by atoms with E-state index in [1.807, 2.05) is 6.20 Å². The Morgan fingerprint density at radius 1 is 1.00 bits per heavy atom. The number of ether oxygens (including phenoxy) is 2. The summed E-state index contributed by atoms with van der Waals surface area (Å²) in [5.41, 5.74) is 6.79. The fraction of sp³-hybridized carbons (Fsp3) is 0.455. The van der Waals surface area contributed by atoms with E-state index in [0.717, 1.165) is 61.5 Å². The normalized spacial score (nSPS) is 21.2. The first-order valence-electron chi connectivity index (χ1n) is 10.1. The molecule has 0 radical (unpaired) electrons. The number of nitrogens with one attached hydrogen (secondary N) is 2. The second-order valence-electron chi connectivity index (χ2n) is 7.78. The van der Waals surface area contributed by atoms with Crippen molar-refractivity contribution < 1.29 is 9.47 Å². The molecule has 2 aliphatic heterocycles. The summed E-state index contributed by atoms with van der Waals surface area (Å²) in [5.74, 6) is 0.544. The number of fused-ring (bicyclic) bond motifs is 1. The summed E-state index contributed by atoms with van der Waals surface area (Å²) in [6.07, 6.45) is 4.13. The number of aryl methyl sites for hydroxylation is 1. The SMILES string of the molecule is Cc1c[nH]c2nnc(-c3ccc(C4CCOCC4)c(C4COCCN4)c3)cc12. The Balaban J connectivity index is 1.57. The number of H-pyrrole nitrogens is 1. The molecule has 0 aliphatic carbocycles. The molecular formula is C22H26N4O2. The fourth-order valence-corrected chi connectivity index (χ4v) is 4.38. The number of aromatic nitrogens is 3. The molecule has 1 unspecified atom stereocenters. The van der Waals surface area contributed by atoms with Gasteiger partial charge in [0, 0.05) is 36.9 Å². The molecular weight excluding hydrogens is 352 g/mol. The summed E-state index contributed by atoms with van der Waals surface area (Å²) in [6.45, 7) is 6.15.